The second-order valence-corrected chi connectivity index (χ2v) is 9.96. The van der Waals surface area contributed by atoms with Gasteiger partial charge < -0.3 is 8.98 Å². The maximum atomic E-state index is 9.38. The van der Waals surface area contributed by atoms with Crippen LogP contribution >= 0.6 is 0 Å². The first-order valence-corrected chi connectivity index (χ1v) is 13.2. The van der Waals surface area contributed by atoms with Crippen molar-refractivity contribution < 1.29 is 4.42 Å². The molecular weight excluding hydrogens is 490 g/mol. The van der Waals surface area contributed by atoms with Gasteiger partial charge in [0, 0.05) is 45.1 Å². The molecule has 0 radical (unpaired) electrons. The van der Waals surface area contributed by atoms with Gasteiger partial charge in [-0.05, 0) is 47.5 Å². The Morgan fingerprint density at radius 2 is 1.40 bits per heavy atom. The molecule has 40 heavy (non-hydrogen) atoms. The van der Waals surface area contributed by atoms with Gasteiger partial charge in [-0.3, -0.25) is 4.98 Å². The van der Waals surface area contributed by atoms with Gasteiger partial charge in [-0.1, -0.05) is 78.9 Å². The van der Waals surface area contributed by atoms with Gasteiger partial charge in [0.15, 0.2) is 5.58 Å². The normalized spacial score (nSPS) is 11.5. The Balaban J connectivity index is 1.43. The zero-order valence-corrected chi connectivity index (χ0v) is 21.4. The molecule has 0 N–H and O–H groups in total. The van der Waals surface area contributed by atoms with Crippen LogP contribution in [-0.2, 0) is 0 Å². The molecule has 186 valence electrons. The first kappa shape index (κ1) is 22.3. The van der Waals surface area contributed by atoms with Gasteiger partial charge in [-0.2, -0.15) is 5.26 Å². The van der Waals surface area contributed by atoms with E-state index in [1.165, 1.54) is 5.39 Å². The third kappa shape index (κ3) is 3.28. The van der Waals surface area contributed by atoms with Crippen LogP contribution in [0.3, 0.4) is 0 Å². The number of nitrogens with zero attached hydrogens (tertiary/aromatic N) is 3. The summed E-state index contributed by atoms with van der Waals surface area (Å²) in [4.78, 5) is 4.27. The molecule has 3 heterocycles. The summed E-state index contributed by atoms with van der Waals surface area (Å²) in [5.41, 5.74) is 9.69. The van der Waals surface area contributed by atoms with Crippen LogP contribution in [0, 0.1) is 11.3 Å². The number of rotatable bonds is 3. The summed E-state index contributed by atoms with van der Waals surface area (Å²) < 4.78 is 8.89. The number of hydrogen-bond donors (Lipinski definition) is 0. The molecule has 0 aliphatic heterocycles. The third-order valence-corrected chi connectivity index (χ3v) is 7.70. The highest BCUT2D eigenvalue weighted by molar-refractivity contribution is 6.21. The minimum absolute atomic E-state index is 0.545. The SMILES string of the molecule is N#Cc1cncc(-c2cccc(-c3ccccc3-n3c4ccccc4c4ccc5c6ccccc6oc5c43)c2)c1. The van der Waals surface area contributed by atoms with E-state index in [9.17, 15) is 5.26 Å². The first-order valence-electron chi connectivity index (χ1n) is 13.2. The Labute approximate surface area is 230 Å². The molecule has 0 aliphatic carbocycles. The van der Waals surface area contributed by atoms with Gasteiger partial charge in [-0.25, -0.2) is 0 Å². The molecule has 3 aromatic heterocycles. The minimum Gasteiger partial charge on any atom is -0.454 e. The summed E-state index contributed by atoms with van der Waals surface area (Å²) in [5.74, 6) is 0. The maximum absolute atomic E-state index is 9.38. The Morgan fingerprint density at radius 1 is 0.625 bits per heavy atom. The molecular formula is C36H21N3O. The Hall–Kier alpha value is -5.66. The predicted molar refractivity (Wildman–Crippen MR) is 161 cm³/mol. The lowest BCUT2D eigenvalue weighted by molar-refractivity contribution is 0.671. The summed E-state index contributed by atoms with van der Waals surface area (Å²) in [5, 5.41) is 13.9. The molecule has 4 nitrogen and oxygen atoms in total. The van der Waals surface area contributed by atoms with Crippen molar-refractivity contribution in [2.24, 2.45) is 0 Å². The Morgan fingerprint density at radius 3 is 2.33 bits per heavy atom. The number of furan rings is 1. The number of fused-ring (bicyclic) bond motifs is 7. The van der Waals surface area contributed by atoms with Gasteiger partial charge in [0.25, 0.3) is 0 Å². The molecule has 8 aromatic rings. The van der Waals surface area contributed by atoms with Crippen molar-refractivity contribution in [1.82, 2.24) is 9.55 Å². The van der Waals surface area contributed by atoms with Crippen LogP contribution in [-0.4, -0.2) is 9.55 Å². The molecule has 0 unspecified atom stereocenters. The van der Waals surface area contributed by atoms with E-state index < -0.39 is 0 Å². The number of hydrogen-bond acceptors (Lipinski definition) is 3. The monoisotopic (exact) mass is 511 g/mol. The van der Waals surface area contributed by atoms with Crippen LogP contribution in [0.5, 0.6) is 0 Å². The summed E-state index contributed by atoms with van der Waals surface area (Å²) >= 11 is 0. The van der Waals surface area contributed by atoms with Crippen LogP contribution in [0.15, 0.2) is 132 Å². The summed E-state index contributed by atoms with van der Waals surface area (Å²) in [7, 11) is 0. The molecule has 0 atom stereocenters. The molecule has 4 heteroatoms. The number of nitriles is 1. The molecule has 0 spiro atoms. The first-order chi connectivity index (χ1) is 19.8. The highest BCUT2D eigenvalue weighted by Crippen LogP contribution is 2.42. The quantitative estimate of drug-likeness (QED) is 0.237. The van der Waals surface area contributed by atoms with Crippen molar-refractivity contribution in [2.45, 2.75) is 0 Å². The fraction of sp³-hybridized carbons (Fsp3) is 0. The van der Waals surface area contributed by atoms with Crippen molar-refractivity contribution in [3.05, 3.63) is 133 Å². The lowest BCUT2D eigenvalue weighted by Gasteiger charge is -2.15. The molecule has 0 amide bonds. The second-order valence-electron chi connectivity index (χ2n) is 9.96. The molecule has 0 saturated carbocycles. The number of pyridine rings is 1. The van der Waals surface area contributed by atoms with Crippen molar-refractivity contribution >= 4 is 43.7 Å². The van der Waals surface area contributed by atoms with Crippen LogP contribution in [0.4, 0.5) is 0 Å². The molecule has 0 bridgehead atoms. The van der Waals surface area contributed by atoms with Crippen LogP contribution in [0.25, 0.3) is 71.7 Å². The molecule has 0 saturated heterocycles. The highest BCUT2D eigenvalue weighted by Gasteiger charge is 2.20. The summed E-state index contributed by atoms with van der Waals surface area (Å²) in [6.07, 6.45) is 3.39. The molecule has 5 aromatic carbocycles. The lowest BCUT2D eigenvalue weighted by atomic mass is 9.98. The maximum Gasteiger partial charge on any atom is 0.160 e. The largest absolute Gasteiger partial charge is 0.454 e. The van der Waals surface area contributed by atoms with Crippen molar-refractivity contribution in [2.75, 3.05) is 0 Å². The number of benzene rings is 5. The van der Waals surface area contributed by atoms with E-state index in [1.807, 2.05) is 18.2 Å². The zero-order valence-electron chi connectivity index (χ0n) is 21.4. The topological polar surface area (TPSA) is 54.8 Å². The number of para-hydroxylation sites is 3. The van der Waals surface area contributed by atoms with Crippen molar-refractivity contribution in [3.8, 4) is 34.0 Å². The van der Waals surface area contributed by atoms with Gasteiger partial charge in [-0.15, -0.1) is 0 Å². The fourth-order valence-electron chi connectivity index (χ4n) is 5.92. The third-order valence-electron chi connectivity index (χ3n) is 7.70. The van der Waals surface area contributed by atoms with E-state index in [2.05, 4.69) is 113 Å². The van der Waals surface area contributed by atoms with E-state index in [0.29, 0.717) is 5.56 Å². The van der Waals surface area contributed by atoms with Gasteiger partial charge in [0.05, 0.1) is 22.3 Å². The molecule has 0 aliphatic rings. The van der Waals surface area contributed by atoms with E-state index in [-0.39, 0.29) is 0 Å². The average Bonchev–Trinajstić information content (AvgIpc) is 3.57. The zero-order chi connectivity index (χ0) is 26.6. The van der Waals surface area contributed by atoms with Crippen molar-refractivity contribution in [3.63, 3.8) is 0 Å². The fourth-order valence-corrected chi connectivity index (χ4v) is 5.92. The van der Waals surface area contributed by atoms with Crippen molar-refractivity contribution in [1.29, 1.82) is 5.26 Å². The minimum atomic E-state index is 0.545. The van der Waals surface area contributed by atoms with E-state index in [1.54, 1.807) is 12.4 Å². The smallest absolute Gasteiger partial charge is 0.160 e. The summed E-state index contributed by atoms with van der Waals surface area (Å²) in [6, 6.07) is 42.2. The van der Waals surface area contributed by atoms with Crippen LogP contribution < -0.4 is 0 Å². The highest BCUT2D eigenvalue weighted by atomic mass is 16.3. The summed E-state index contributed by atoms with van der Waals surface area (Å²) in [6.45, 7) is 0. The standard InChI is InChI=1S/C36H21N3O/c37-20-23-18-26(22-38-21-23)24-8-7-9-25(19-24)27-10-1-4-13-32(27)39-33-14-5-2-11-28(33)30-16-17-31-29-12-3-6-15-34(29)40-36(31)35(30)39/h1-19,21-22H. The Bertz CT molecular complexity index is 2300. The number of aromatic nitrogens is 2. The lowest BCUT2D eigenvalue weighted by Crippen LogP contribution is -1.97. The molecule has 8 rings (SSSR count). The van der Waals surface area contributed by atoms with Crippen LogP contribution in [0.1, 0.15) is 5.56 Å². The van der Waals surface area contributed by atoms with Gasteiger partial charge in [0.2, 0.25) is 0 Å². The van der Waals surface area contributed by atoms with E-state index in [0.717, 1.165) is 66.3 Å². The average molecular weight is 512 g/mol. The Kier molecular flexibility index (Phi) is 4.85. The second kappa shape index (κ2) is 8.69. The molecule has 0 fully saturated rings. The van der Waals surface area contributed by atoms with E-state index in [4.69, 9.17) is 4.42 Å². The van der Waals surface area contributed by atoms with Crippen LogP contribution in [0.2, 0.25) is 0 Å². The van der Waals surface area contributed by atoms with E-state index >= 15 is 0 Å². The van der Waals surface area contributed by atoms with Gasteiger partial charge in [0.1, 0.15) is 11.7 Å². The van der Waals surface area contributed by atoms with Gasteiger partial charge >= 0.3 is 0 Å². The predicted octanol–water partition coefficient (Wildman–Crippen LogP) is 9.28.